The highest BCUT2D eigenvalue weighted by molar-refractivity contribution is 6.30. The molecule has 8 nitrogen and oxygen atoms in total. The first-order valence-electron chi connectivity index (χ1n) is 12.5. The van der Waals surface area contributed by atoms with Gasteiger partial charge in [-0.2, -0.15) is 9.78 Å². The molecular weight excluding hydrogens is 530 g/mol. The molecule has 0 unspecified atom stereocenters. The minimum Gasteiger partial charge on any atom is -0.488 e. The molecular formula is C31H20ClN3O5. The van der Waals surface area contributed by atoms with Crippen molar-refractivity contribution in [3.05, 3.63) is 117 Å². The van der Waals surface area contributed by atoms with Crippen molar-refractivity contribution < 1.29 is 18.6 Å². The van der Waals surface area contributed by atoms with Gasteiger partial charge in [-0.25, -0.2) is 4.98 Å². The molecule has 9 heteroatoms. The topological polar surface area (TPSA) is 88.1 Å². The predicted molar refractivity (Wildman–Crippen MR) is 153 cm³/mol. The number of nitrogens with zero attached hydrogens (tertiary/aromatic N) is 3. The average Bonchev–Trinajstić information content (AvgIpc) is 3.63. The van der Waals surface area contributed by atoms with Crippen LogP contribution in [-0.4, -0.2) is 22.7 Å². The molecule has 6 aromatic rings. The zero-order valence-electron chi connectivity index (χ0n) is 20.9. The average molecular weight is 550 g/mol. The normalized spacial score (nSPS) is 12.5. The van der Waals surface area contributed by atoms with E-state index in [2.05, 4.69) is 5.10 Å². The van der Waals surface area contributed by atoms with Gasteiger partial charge in [0.05, 0.1) is 17.1 Å². The number of fused-ring (bicyclic) bond motifs is 3. The van der Waals surface area contributed by atoms with Crippen molar-refractivity contribution in [2.45, 2.75) is 6.61 Å². The molecule has 1 aliphatic rings. The number of halogens is 1. The van der Waals surface area contributed by atoms with Crippen molar-refractivity contribution >= 4 is 39.7 Å². The van der Waals surface area contributed by atoms with E-state index in [1.165, 1.54) is 10.9 Å². The van der Waals surface area contributed by atoms with Crippen LogP contribution in [0.25, 0.3) is 33.5 Å². The number of para-hydroxylation sites is 2. The Labute approximate surface area is 232 Å². The summed E-state index contributed by atoms with van der Waals surface area (Å²) in [5.41, 5.74) is 2.39. The highest BCUT2D eigenvalue weighted by atomic mass is 35.5. The molecule has 3 heterocycles. The second kappa shape index (κ2) is 9.91. The van der Waals surface area contributed by atoms with Crippen LogP contribution in [0.1, 0.15) is 11.1 Å². The van der Waals surface area contributed by atoms with Crippen molar-refractivity contribution in [1.29, 1.82) is 0 Å². The zero-order valence-corrected chi connectivity index (χ0v) is 21.7. The fraction of sp³-hybridized carbons (Fsp3) is 0.0645. The summed E-state index contributed by atoms with van der Waals surface area (Å²) in [6.07, 6.45) is 1.53. The van der Waals surface area contributed by atoms with E-state index in [0.29, 0.717) is 50.1 Å². The fourth-order valence-corrected chi connectivity index (χ4v) is 4.73. The van der Waals surface area contributed by atoms with E-state index in [1.807, 2.05) is 54.6 Å². The van der Waals surface area contributed by atoms with Crippen LogP contribution in [0.4, 0.5) is 0 Å². The molecule has 0 bridgehead atoms. The Morgan fingerprint density at radius 3 is 2.73 bits per heavy atom. The molecule has 1 aliphatic heterocycles. The number of rotatable bonds is 6. The van der Waals surface area contributed by atoms with Gasteiger partial charge in [-0.05, 0) is 60.2 Å². The van der Waals surface area contributed by atoms with Gasteiger partial charge in [0.25, 0.3) is 5.56 Å². The summed E-state index contributed by atoms with van der Waals surface area (Å²) >= 11 is 6.32. The Hall–Kier alpha value is -5.08. The molecule has 0 fully saturated rings. The first-order valence-corrected chi connectivity index (χ1v) is 12.9. The fourth-order valence-electron chi connectivity index (χ4n) is 4.55. The lowest BCUT2D eigenvalue weighted by molar-refractivity contribution is 0.174. The van der Waals surface area contributed by atoms with E-state index >= 15 is 0 Å². The molecule has 4 aromatic carbocycles. The van der Waals surface area contributed by atoms with E-state index in [9.17, 15) is 4.79 Å². The van der Waals surface area contributed by atoms with E-state index < -0.39 is 0 Å². The monoisotopic (exact) mass is 549 g/mol. The SMILES string of the molecule is O=c1c2ccccc2nc(-c2cc3ccccc3o2)n1N=Cc1cc(Cl)ccc1OCc1ccc2c(c1)OCO2. The number of aromatic nitrogens is 2. The standard InChI is InChI=1S/C31H20ClN3O5/c32-22-10-12-25(37-17-19-9-11-27-28(13-19)39-18-38-27)21(14-22)16-33-35-30(29-15-20-5-1-4-8-26(20)40-29)34-24-7-3-2-6-23(24)31(35)36/h1-16H,17-18H2. The van der Waals surface area contributed by atoms with Crippen LogP contribution in [-0.2, 0) is 6.61 Å². The van der Waals surface area contributed by atoms with Crippen LogP contribution < -0.4 is 19.8 Å². The van der Waals surface area contributed by atoms with Gasteiger partial charge in [-0.3, -0.25) is 4.79 Å². The second-order valence-corrected chi connectivity index (χ2v) is 9.56. The maximum absolute atomic E-state index is 13.6. The number of benzene rings is 4. The predicted octanol–water partition coefficient (Wildman–Crippen LogP) is 6.65. The van der Waals surface area contributed by atoms with E-state index in [4.69, 9.17) is 35.2 Å². The summed E-state index contributed by atoms with van der Waals surface area (Å²) in [6.45, 7) is 0.483. The van der Waals surface area contributed by atoms with E-state index in [-0.39, 0.29) is 24.8 Å². The van der Waals surface area contributed by atoms with Crippen molar-refractivity contribution in [2.75, 3.05) is 6.79 Å². The highest BCUT2D eigenvalue weighted by Gasteiger charge is 2.17. The van der Waals surface area contributed by atoms with Gasteiger partial charge in [-0.15, -0.1) is 0 Å². The molecule has 0 aliphatic carbocycles. The van der Waals surface area contributed by atoms with Crippen molar-refractivity contribution in [3.63, 3.8) is 0 Å². The van der Waals surface area contributed by atoms with Gasteiger partial charge in [0.15, 0.2) is 17.3 Å². The lowest BCUT2D eigenvalue weighted by Gasteiger charge is -2.11. The summed E-state index contributed by atoms with van der Waals surface area (Å²) in [4.78, 5) is 18.3. The summed E-state index contributed by atoms with van der Waals surface area (Å²) in [6, 6.07) is 27.4. The molecule has 0 amide bonds. The number of hydrogen-bond donors (Lipinski definition) is 0. The van der Waals surface area contributed by atoms with Crippen LogP contribution >= 0.6 is 11.6 Å². The third-order valence-electron chi connectivity index (χ3n) is 6.52. The van der Waals surface area contributed by atoms with E-state index in [1.54, 1.807) is 36.4 Å². The van der Waals surface area contributed by atoms with Crippen LogP contribution in [0.15, 0.2) is 105 Å². The molecule has 196 valence electrons. The summed E-state index contributed by atoms with van der Waals surface area (Å²) < 4.78 is 24.3. The highest BCUT2D eigenvalue weighted by Crippen LogP contribution is 2.33. The van der Waals surface area contributed by atoms with Crippen LogP contribution in [0.5, 0.6) is 17.2 Å². The van der Waals surface area contributed by atoms with E-state index in [0.717, 1.165) is 10.9 Å². The molecule has 0 saturated carbocycles. The van der Waals surface area contributed by atoms with Gasteiger partial charge in [0.1, 0.15) is 17.9 Å². The van der Waals surface area contributed by atoms with Gasteiger partial charge in [0, 0.05) is 16.0 Å². The maximum atomic E-state index is 13.6. The largest absolute Gasteiger partial charge is 0.488 e. The van der Waals surface area contributed by atoms with Crippen LogP contribution in [0.2, 0.25) is 5.02 Å². The van der Waals surface area contributed by atoms with Crippen molar-refractivity contribution in [1.82, 2.24) is 9.66 Å². The molecule has 0 radical (unpaired) electrons. The Bertz CT molecular complexity index is 1960. The molecule has 0 N–H and O–H groups in total. The summed E-state index contributed by atoms with van der Waals surface area (Å²) in [7, 11) is 0. The minimum atomic E-state index is -0.331. The third kappa shape index (κ3) is 4.44. The van der Waals surface area contributed by atoms with Crippen LogP contribution in [0, 0.1) is 0 Å². The third-order valence-corrected chi connectivity index (χ3v) is 6.75. The van der Waals surface area contributed by atoms with Gasteiger partial charge < -0.3 is 18.6 Å². The molecule has 0 saturated heterocycles. The smallest absolute Gasteiger partial charge is 0.282 e. The van der Waals surface area contributed by atoms with Gasteiger partial charge >= 0.3 is 0 Å². The zero-order chi connectivity index (χ0) is 27.1. The number of hydrogen-bond acceptors (Lipinski definition) is 7. The lowest BCUT2D eigenvalue weighted by atomic mass is 10.2. The van der Waals surface area contributed by atoms with Crippen molar-refractivity contribution in [3.8, 4) is 28.8 Å². The first kappa shape index (κ1) is 24.0. The Balaban J connectivity index is 1.28. The summed E-state index contributed by atoms with van der Waals surface area (Å²) in [5, 5.41) is 6.38. The lowest BCUT2D eigenvalue weighted by Crippen LogP contribution is -2.20. The second-order valence-electron chi connectivity index (χ2n) is 9.12. The Kier molecular flexibility index (Phi) is 5.94. The molecule has 0 atom stereocenters. The Morgan fingerprint density at radius 2 is 1.80 bits per heavy atom. The minimum absolute atomic E-state index is 0.205. The van der Waals surface area contributed by atoms with Gasteiger partial charge in [-0.1, -0.05) is 48.0 Å². The molecule has 40 heavy (non-hydrogen) atoms. The number of ether oxygens (including phenoxy) is 3. The molecule has 7 rings (SSSR count). The quantitative estimate of drug-likeness (QED) is 0.216. The maximum Gasteiger partial charge on any atom is 0.282 e. The molecule has 0 spiro atoms. The first-order chi connectivity index (χ1) is 19.6. The summed E-state index contributed by atoms with van der Waals surface area (Å²) in [5.74, 6) is 2.63. The number of furan rings is 1. The van der Waals surface area contributed by atoms with Crippen LogP contribution in [0.3, 0.4) is 0 Å². The van der Waals surface area contributed by atoms with Gasteiger partial charge in [0.2, 0.25) is 12.6 Å². The Morgan fingerprint density at radius 1 is 0.950 bits per heavy atom. The molecule has 2 aromatic heterocycles. The van der Waals surface area contributed by atoms with Crippen molar-refractivity contribution in [2.24, 2.45) is 5.10 Å².